The molecule has 1 amide bonds. The van der Waals surface area contributed by atoms with Crippen LogP contribution in [0.4, 0.5) is 5.69 Å². The molecular formula is C17H22ClN5O4S. The first-order valence-electron chi connectivity index (χ1n) is 8.52. The number of rotatable bonds is 4. The summed E-state index contributed by atoms with van der Waals surface area (Å²) in [5.74, 6) is -0.0449. The van der Waals surface area contributed by atoms with Crippen LogP contribution in [0.5, 0.6) is 5.75 Å². The number of aryl methyl sites for hydroxylation is 1. The van der Waals surface area contributed by atoms with Crippen LogP contribution >= 0.6 is 11.6 Å². The van der Waals surface area contributed by atoms with Crippen molar-refractivity contribution in [1.82, 2.24) is 18.8 Å². The molecule has 0 bridgehead atoms. The molecule has 0 aliphatic carbocycles. The van der Waals surface area contributed by atoms with Crippen molar-refractivity contribution in [3.63, 3.8) is 0 Å². The van der Waals surface area contributed by atoms with Gasteiger partial charge in [-0.2, -0.15) is 22.5 Å². The number of hydrogen-bond donors (Lipinski definition) is 2. The van der Waals surface area contributed by atoms with Gasteiger partial charge in [0, 0.05) is 30.4 Å². The van der Waals surface area contributed by atoms with Crippen molar-refractivity contribution >= 4 is 33.4 Å². The summed E-state index contributed by atoms with van der Waals surface area (Å²) in [6, 6.07) is 3.34. The van der Waals surface area contributed by atoms with Gasteiger partial charge in [-0.3, -0.25) is 9.48 Å². The minimum Gasteiger partial charge on any atom is -0.495 e. The average molecular weight is 428 g/mol. The molecule has 1 aliphatic heterocycles. The van der Waals surface area contributed by atoms with Crippen molar-refractivity contribution in [1.29, 1.82) is 0 Å². The summed E-state index contributed by atoms with van der Waals surface area (Å²) in [5.41, 5.74) is 1.93. The second-order valence-electron chi connectivity index (χ2n) is 6.59. The smallest absolute Gasteiger partial charge is 0.280 e. The van der Waals surface area contributed by atoms with Crippen LogP contribution in [-0.2, 0) is 22.1 Å². The predicted octanol–water partition coefficient (Wildman–Crippen LogP) is 1.61. The third kappa shape index (κ3) is 3.86. The second kappa shape index (κ2) is 7.70. The van der Waals surface area contributed by atoms with Gasteiger partial charge in [-0.25, -0.2) is 0 Å². The fraction of sp³-hybridized carbons (Fsp3) is 0.412. The van der Waals surface area contributed by atoms with E-state index in [9.17, 15) is 13.2 Å². The van der Waals surface area contributed by atoms with E-state index in [0.717, 1.165) is 15.6 Å². The van der Waals surface area contributed by atoms with Gasteiger partial charge in [0.25, 0.3) is 10.2 Å². The third-order valence-electron chi connectivity index (χ3n) is 4.94. The van der Waals surface area contributed by atoms with Gasteiger partial charge in [0.1, 0.15) is 11.8 Å². The van der Waals surface area contributed by atoms with Crippen LogP contribution in [0, 0.1) is 6.92 Å². The van der Waals surface area contributed by atoms with Crippen LogP contribution in [0.1, 0.15) is 23.7 Å². The largest absolute Gasteiger partial charge is 0.495 e. The van der Waals surface area contributed by atoms with Crippen LogP contribution in [0.3, 0.4) is 0 Å². The Kier molecular flexibility index (Phi) is 5.67. The first-order chi connectivity index (χ1) is 13.1. The molecule has 1 aromatic heterocycles. The zero-order valence-electron chi connectivity index (χ0n) is 15.9. The van der Waals surface area contributed by atoms with Crippen LogP contribution in [0.2, 0.25) is 5.02 Å². The summed E-state index contributed by atoms with van der Waals surface area (Å²) in [5, 5.41) is 7.32. The molecule has 0 spiro atoms. The number of methoxy groups -OCH3 is 1. The predicted molar refractivity (Wildman–Crippen MR) is 106 cm³/mol. The number of halogens is 1. The molecule has 9 nitrogen and oxygen atoms in total. The van der Waals surface area contributed by atoms with Crippen LogP contribution < -0.4 is 14.8 Å². The highest BCUT2D eigenvalue weighted by atomic mass is 35.5. The molecule has 0 saturated carbocycles. The number of likely N-dealkylation sites (N-methyl/N-ethyl adjacent to an activating group) is 1. The Hall–Kier alpha value is -2.14. The number of carbonyl (C=O) groups is 1. The van der Waals surface area contributed by atoms with Gasteiger partial charge in [0.15, 0.2) is 0 Å². The summed E-state index contributed by atoms with van der Waals surface area (Å²) >= 11 is 6.01. The number of nitrogens with one attached hydrogen (secondary N) is 2. The highest BCUT2D eigenvalue weighted by Crippen LogP contribution is 2.32. The zero-order chi connectivity index (χ0) is 20.6. The zero-order valence-corrected chi connectivity index (χ0v) is 17.5. The molecule has 1 aromatic carbocycles. The monoisotopic (exact) mass is 427 g/mol. The fourth-order valence-corrected chi connectivity index (χ4v) is 4.60. The summed E-state index contributed by atoms with van der Waals surface area (Å²) in [7, 11) is 0.770. The van der Waals surface area contributed by atoms with E-state index in [4.69, 9.17) is 16.3 Å². The van der Waals surface area contributed by atoms with E-state index in [1.807, 2.05) is 6.92 Å². The van der Waals surface area contributed by atoms with Gasteiger partial charge in [-0.1, -0.05) is 11.6 Å². The lowest BCUT2D eigenvalue weighted by Crippen LogP contribution is -2.56. The molecule has 0 unspecified atom stereocenters. The SMILES string of the molecule is COc1ccc(Cl)cc1NC(=O)[C@@H]1C[C@@H](c2cnn(C)c2C)NS(=O)(=O)N1C. The van der Waals surface area contributed by atoms with Crippen molar-refractivity contribution in [3.05, 3.63) is 40.7 Å². The van der Waals surface area contributed by atoms with Crippen molar-refractivity contribution in [2.24, 2.45) is 7.05 Å². The van der Waals surface area contributed by atoms with E-state index in [0.29, 0.717) is 16.5 Å². The lowest BCUT2D eigenvalue weighted by atomic mass is 10.00. The number of ether oxygens (including phenoxy) is 1. The third-order valence-corrected chi connectivity index (χ3v) is 6.77. The van der Waals surface area contributed by atoms with Crippen molar-refractivity contribution in [2.45, 2.75) is 25.4 Å². The molecular weight excluding hydrogens is 406 g/mol. The summed E-state index contributed by atoms with van der Waals surface area (Å²) in [4.78, 5) is 12.9. The maximum Gasteiger partial charge on any atom is 0.280 e. The Morgan fingerprint density at radius 1 is 1.39 bits per heavy atom. The van der Waals surface area contributed by atoms with Gasteiger partial charge in [0.2, 0.25) is 5.91 Å². The van der Waals surface area contributed by atoms with Gasteiger partial charge in [0.05, 0.1) is 25.0 Å². The molecule has 2 N–H and O–H groups in total. The Morgan fingerprint density at radius 3 is 2.71 bits per heavy atom. The number of benzene rings is 1. The van der Waals surface area contributed by atoms with E-state index in [1.165, 1.54) is 14.2 Å². The minimum absolute atomic E-state index is 0.247. The van der Waals surface area contributed by atoms with Crippen LogP contribution in [0.15, 0.2) is 24.4 Å². The lowest BCUT2D eigenvalue weighted by Gasteiger charge is -2.36. The Labute approximate surface area is 168 Å². The summed E-state index contributed by atoms with van der Waals surface area (Å²) in [6.07, 6.45) is 1.86. The Bertz CT molecular complexity index is 1010. The van der Waals surface area contributed by atoms with Crippen LogP contribution in [-0.4, -0.2) is 48.6 Å². The molecule has 2 aromatic rings. The van der Waals surface area contributed by atoms with Crippen molar-refractivity contribution in [3.8, 4) is 5.75 Å². The molecule has 28 heavy (non-hydrogen) atoms. The first-order valence-corrected chi connectivity index (χ1v) is 10.3. The molecule has 152 valence electrons. The van der Waals surface area contributed by atoms with E-state index >= 15 is 0 Å². The molecule has 1 saturated heterocycles. The molecule has 2 atom stereocenters. The maximum absolute atomic E-state index is 12.9. The molecule has 0 radical (unpaired) electrons. The van der Waals surface area contributed by atoms with Gasteiger partial charge in [-0.05, 0) is 31.5 Å². The maximum atomic E-state index is 12.9. The molecule has 3 rings (SSSR count). The number of carbonyl (C=O) groups excluding carboxylic acids is 1. The molecule has 1 aliphatic rings. The Morgan fingerprint density at radius 2 is 2.11 bits per heavy atom. The summed E-state index contributed by atoms with van der Waals surface area (Å²) in [6.45, 7) is 1.85. The van der Waals surface area contributed by atoms with Gasteiger partial charge >= 0.3 is 0 Å². The number of hydrogen-bond acceptors (Lipinski definition) is 5. The summed E-state index contributed by atoms with van der Waals surface area (Å²) < 4.78 is 35.7. The number of aromatic nitrogens is 2. The minimum atomic E-state index is -3.85. The van der Waals surface area contributed by atoms with Gasteiger partial charge in [-0.15, -0.1) is 0 Å². The number of nitrogens with zero attached hydrogens (tertiary/aromatic N) is 3. The van der Waals surface area contributed by atoms with E-state index in [2.05, 4.69) is 15.1 Å². The lowest BCUT2D eigenvalue weighted by molar-refractivity contribution is -0.120. The van der Waals surface area contributed by atoms with Crippen LogP contribution in [0.25, 0.3) is 0 Å². The fourth-order valence-electron chi connectivity index (χ4n) is 3.16. The normalized spacial score (nSPS) is 22.0. The standard InChI is InChI=1S/C17H22ClN5O4S/c1-10-12(9-19-22(10)2)13-8-15(23(3)28(25,26)21-13)17(24)20-14-7-11(18)5-6-16(14)27-4/h5-7,9,13,15,21H,8H2,1-4H3,(H,20,24)/t13-,15-/m0/s1. The Balaban J connectivity index is 1.90. The first kappa shape index (κ1) is 20.6. The topological polar surface area (TPSA) is 106 Å². The van der Waals surface area contributed by atoms with E-state index in [-0.39, 0.29) is 6.42 Å². The van der Waals surface area contributed by atoms with Crippen molar-refractivity contribution < 1.29 is 17.9 Å². The highest BCUT2D eigenvalue weighted by Gasteiger charge is 2.41. The van der Waals surface area contributed by atoms with E-state index in [1.54, 1.807) is 36.1 Å². The quantitative estimate of drug-likeness (QED) is 0.771. The van der Waals surface area contributed by atoms with Gasteiger partial charge < -0.3 is 10.1 Å². The average Bonchev–Trinajstić information content (AvgIpc) is 2.96. The highest BCUT2D eigenvalue weighted by molar-refractivity contribution is 7.87. The molecule has 11 heteroatoms. The number of anilines is 1. The molecule has 1 fully saturated rings. The second-order valence-corrected chi connectivity index (χ2v) is 8.78. The van der Waals surface area contributed by atoms with E-state index < -0.39 is 28.2 Å². The molecule has 2 heterocycles. The van der Waals surface area contributed by atoms with Crippen molar-refractivity contribution in [2.75, 3.05) is 19.5 Å². The number of amides is 1.